The molecule has 13 heavy (non-hydrogen) atoms. The van der Waals surface area contributed by atoms with Crippen LogP contribution in [-0.2, 0) is 0 Å². The maximum Gasteiger partial charge on any atom is 0.120 e. The smallest absolute Gasteiger partial charge is 0.120 e. The fourth-order valence-electron chi connectivity index (χ4n) is 1.08. The molecule has 1 atom stereocenters. The third-order valence-corrected chi connectivity index (χ3v) is 2.61. The highest BCUT2D eigenvalue weighted by Gasteiger charge is 2.09. The highest BCUT2D eigenvalue weighted by Crippen LogP contribution is 2.27. The van der Waals surface area contributed by atoms with Gasteiger partial charge in [-0.15, -0.1) is 11.8 Å². The summed E-state index contributed by atoms with van der Waals surface area (Å²) in [4.78, 5) is 1.08. The second-order valence-corrected chi connectivity index (χ2v) is 3.65. The van der Waals surface area contributed by atoms with E-state index in [1.54, 1.807) is 17.8 Å². The number of hydrogen-bond donors (Lipinski definition) is 3. The normalized spacial score (nSPS) is 12.8. The molecule has 0 spiro atoms. The Bertz CT molecular complexity index is 291. The van der Waals surface area contributed by atoms with Gasteiger partial charge in [-0.25, -0.2) is 0 Å². The molecule has 0 amide bonds. The number of benzene rings is 1. The van der Waals surface area contributed by atoms with Gasteiger partial charge >= 0.3 is 0 Å². The molecule has 1 rings (SSSR count). The van der Waals surface area contributed by atoms with Crippen LogP contribution < -0.4 is 11.5 Å². The summed E-state index contributed by atoms with van der Waals surface area (Å²) in [5.74, 6) is 0.218. The molecule has 0 radical (unpaired) electrons. The lowest BCUT2D eigenvalue weighted by molar-refractivity contribution is 0.461. The fraction of sp³-hybridized carbons (Fsp3) is 0.333. The molecule has 1 aromatic carbocycles. The van der Waals surface area contributed by atoms with Crippen LogP contribution >= 0.6 is 11.8 Å². The second kappa shape index (κ2) is 4.50. The van der Waals surface area contributed by atoms with E-state index < -0.39 is 0 Å². The molecule has 72 valence electrons. The van der Waals surface area contributed by atoms with Crippen LogP contribution in [0.3, 0.4) is 0 Å². The number of nitrogens with two attached hydrogens (primary N) is 2. The van der Waals surface area contributed by atoms with Crippen molar-refractivity contribution >= 4 is 11.8 Å². The zero-order chi connectivity index (χ0) is 9.84. The van der Waals surface area contributed by atoms with Crippen LogP contribution in [-0.4, -0.2) is 17.9 Å². The van der Waals surface area contributed by atoms with Crippen molar-refractivity contribution in [2.24, 2.45) is 11.5 Å². The quantitative estimate of drug-likeness (QED) is 0.635. The first-order chi connectivity index (χ1) is 6.19. The number of phenolic OH excluding ortho intramolecular Hbond substituents is 1. The summed E-state index contributed by atoms with van der Waals surface area (Å²) < 4.78 is 0. The molecule has 0 aromatic heterocycles. The summed E-state index contributed by atoms with van der Waals surface area (Å²) in [7, 11) is 0. The lowest BCUT2D eigenvalue weighted by atomic mass is 10.1. The van der Waals surface area contributed by atoms with Gasteiger partial charge in [-0.1, -0.05) is 0 Å². The van der Waals surface area contributed by atoms with E-state index in [9.17, 15) is 5.11 Å². The Morgan fingerprint density at radius 2 is 2.23 bits per heavy atom. The molecule has 3 nitrogen and oxygen atoms in total. The summed E-state index contributed by atoms with van der Waals surface area (Å²) in [6.07, 6.45) is 1.98. The van der Waals surface area contributed by atoms with Crippen LogP contribution in [0.2, 0.25) is 0 Å². The predicted molar refractivity (Wildman–Crippen MR) is 55.9 cm³/mol. The van der Waals surface area contributed by atoms with Crippen LogP contribution in [0.25, 0.3) is 0 Å². The average molecular weight is 198 g/mol. The van der Waals surface area contributed by atoms with Crippen molar-refractivity contribution < 1.29 is 5.11 Å². The van der Waals surface area contributed by atoms with Crippen molar-refractivity contribution in [3.05, 3.63) is 23.8 Å². The minimum absolute atomic E-state index is 0.218. The van der Waals surface area contributed by atoms with Crippen molar-refractivity contribution in [1.82, 2.24) is 0 Å². The first kappa shape index (κ1) is 10.4. The number of thioether (sulfide) groups is 1. The Labute approximate surface area is 82.1 Å². The van der Waals surface area contributed by atoms with Crippen molar-refractivity contribution in [3.8, 4) is 5.75 Å². The van der Waals surface area contributed by atoms with E-state index in [-0.39, 0.29) is 11.8 Å². The lowest BCUT2D eigenvalue weighted by Crippen LogP contribution is -2.20. The van der Waals surface area contributed by atoms with Gasteiger partial charge in [0.25, 0.3) is 0 Å². The molecule has 1 aromatic rings. The van der Waals surface area contributed by atoms with Gasteiger partial charge in [0.05, 0.1) is 0 Å². The molecule has 0 saturated carbocycles. The highest BCUT2D eigenvalue weighted by molar-refractivity contribution is 7.98. The minimum atomic E-state index is -0.285. The summed E-state index contributed by atoms with van der Waals surface area (Å²) in [5.41, 5.74) is 11.9. The van der Waals surface area contributed by atoms with E-state index in [2.05, 4.69) is 0 Å². The molecule has 0 saturated heterocycles. The van der Waals surface area contributed by atoms with E-state index >= 15 is 0 Å². The number of hydrogen-bond acceptors (Lipinski definition) is 4. The topological polar surface area (TPSA) is 72.3 Å². The van der Waals surface area contributed by atoms with Gasteiger partial charge in [-0.3, -0.25) is 0 Å². The van der Waals surface area contributed by atoms with Crippen LogP contribution in [0, 0.1) is 0 Å². The van der Waals surface area contributed by atoms with Gasteiger partial charge < -0.3 is 16.6 Å². The largest absolute Gasteiger partial charge is 0.508 e. The van der Waals surface area contributed by atoms with E-state index in [4.69, 9.17) is 11.5 Å². The summed E-state index contributed by atoms with van der Waals surface area (Å²) >= 11 is 1.61. The Morgan fingerprint density at radius 1 is 1.54 bits per heavy atom. The van der Waals surface area contributed by atoms with Crippen LogP contribution in [0.4, 0.5) is 0 Å². The fourth-order valence-corrected chi connectivity index (χ4v) is 1.53. The van der Waals surface area contributed by atoms with Crippen molar-refractivity contribution in [2.75, 3.05) is 12.8 Å². The van der Waals surface area contributed by atoms with Gasteiger partial charge in [-0.2, -0.15) is 0 Å². The molecule has 0 aliphatic heterocycles. The first-order valence-corrected chi connectivity index (χ1v) is 5.24. The Kier molecular flexibility index (Phi) is 3.59. The molecule has 0 aliphatic rings. The molecule has 0 bridgehead atoms. The summed E-state index contributed by atoms with van der Waals surface area (Å²) in [6.45, 7) is 0.339. The minimum Gasteiger partial charge on any atom is -0.508 e. The van der Waals surface area contributed by atoms with Gasteiger partial charge in [0, 0.05) is 23.0 Å². The monoisotopic (exact) mass is 198 g/mol. The highest BCUT2D eigenvalue weighted by atomic mass is 32.2. The van der Waals surface area contributed by atoms with E-state index in [1.165, 1.54) is 0 Å². The standard InChI is InChI=1S/C9H14N2OS/c1-13-6-2-3-9(12)7(4-6)8(11)5-10/h2-4,8,12H,5,10-11H2,1H3. The molecule has 0 aliphatic carbocycles. The van der Waals surface area contributed by atoms with Crippen molar-refractivity contribution in [2.45, 2.75) is 10.9 Å². The maximum absolute atomic E-state index is 9.49. The van der Waals surface area contributed by atoms with Crippen LogP contribution in [0.15, 0.2) is 23.1 Å². The Morgan fingerprint density at radius 3 is 2.77 bits per heavy atom. The third kappa shape index (κ3) is 2.37. The zero-order valence-corrected chi connectivity index (χ0v) is 8.34. The average Bonchev–Trinajstić information content (AvgIpc) is 2.17. The number of rotatable bonds is 3. The number of phenols is 1. The van der Waals surface area contributed by atoms with Gasteiger partial charge in [0.2, 0.25) is 0 Å². The molecule has 0 heterocycles. The predicted octanol–water partition coefficient (Wildman–Crippen LogP) is 1.07. The van der Waals surface area contributed by atoms with Crippen LogP contribution in [0.5, 0.6) is 5.75 Å². The van der Waals surface area contributed by atoms with Crippen molar-refractivity contribution in [3.63, 3.8) is 0 Å². The second-order valence-electron chi connectivity index (χ2n) is 2.77. The van der Waals surface area contributed by atoms with Gasteiger partial charge in [0.1, 0.15) is 5.75 Å². The molecule has 5 N–H and O–H groups in total. The molecule has 4 heteroatoms. The van der Waals surface area contributed by atoms with Gasteiger partial charge in [-0.05, 0) is 24.5 Å². The Hall–Kier alpha value is -0.710. The maximum atomic E-state index is 9.49. The first-order valence-electron chi connectivity index (χ1n) is 4.01. The molecule has 1 unspecified atom stereocenters. The lowest BCUT2D eigenvalue weighted by Gasteiger charge is -2.11. The zero-order valence-electron chi connectivity index (χ0n) is 7.53. The third-order valence-electron chi connectivity index (χ3n) is 1.89. The molecule has 0 fully saturated rings. The van der Waals surface area contributed by atoms with Crippen molar-refractivity contribution in [1.29, 1.82) is 0 Å². The summed E-state index contributed by atoms with van der Waals surface area (Å²) in [6, 6.07) is 5.09. The molecular formula is C9H14N2OS. The molecular weight excluding hydrogens is 184 g/mol. The van der Waals surface area contributed by atoms with Gasteiger partial charge in [0.15, 0.2) is 0 Å². The van der Waals surface area contributed by atoms with E-state index in [0.29, 0.717) is 12.1 Å². The van der Waals surface area contributed by atoms with E-state index in [0.717, 1.165) is 4.90 Å². The summed E-state index contributed by atoms with van der Waals surface area (Å²) in [5, 5.41) is 9.49. The van der Waals surface area contributed by atoms with E-state index in [1.807, 2.05) is 18.4 Å². The SMILES string of the molecule is CSc1ccc(O)c(C(N)CN)c1. The Balaban J connectivity index is 3.03. The number of aromatic hydroxyl groups is 1. The van der Waals surface area contributed by atoms with Crippen LogP contribution in [0.1, 0.15) is 11.6 Å².